The maximum atomic E-state index is 5.72. The number of benzene rings is 1. The second-order valence-corrected chi connectivity index (χ2v) is 5.56. The summed E-state index contributed by atoms with van der Waals surface area (Å²) in [6.45, 7) is 3.81. The molecular weight excluding hydrogens is 264 g/mol. The van der Waals surface area contributed by atoms with Crippen molar-refractivity contribution in [2.45, 2.75) is 44.9 Å². The van der Waals surface area contributed by atoms with E-state index in [1.54, 1.807) is 12.7 Å². The summed E-state index contributed by atoms with van der Waals surface area (Å²) < 4.78 is 7.54. The molecule has 3 rings (SSSR count). The predicted molar refractivity (Wildman–Crippen MR) is 82.2 cm³/mol. The number of nitrogens with one attached hydrogen (secondary N) is 1. The fourth-order valence-electron chi connectivity index (χ4n) is 2.74. The van der Waals surface area contributed by atoms with Crippen LogP contribution in [0.3, 0.4) is 0 Å². The van der Waals surface area contributed by atoms with Gasteiger partial charge in [-0.25, -0.2) is 9.67 Å². The molecule has 2 heterocycles. The standard InChI is InChI=1S/C16H22N4O/c1-2-16-9-15(7-8-21-16)19-14-5-3-13(4-6-14)10-20-12-17-11-18-20/h3-6,11-12,15-16,19H,2,7-10H2,1H3. The van der Waals surface area contributed by atoms with Gasteiger partial charge in [0.05, 0.1) is 12.6 Å². The van der Waals surface area contributed by atoms with Crippen LogP contribution in [0.5, 0.6) is 0 Å². The van der Waals surface area contributed by atoms with Crippen LogP contribution in [0.1, 0.15) is 31.7 Å². The third-order valence-electron chi connectivity index (χ3n) is 3.96. The highest BCUT2D eigenvalue weighted by Gasteiger charge is 2.20. The predicted octanol–water partition coefficient (Wildman–Crippen LogP) is 2.70. The molecule has 5 heteroatoms. The SMILES string of the molecule is CCC1CC(Nc2ccc(Cn3cncn3)cc2)CCO1. The van der Waals surface area contributed by atoms with Crippen molar-refractivity contribution in [2.75, 3.05) is 11.9 Å². The first-order valence-corrected chi connectivity index (χ1v) is 7.63. The van der Waals surface area contributed by atoms with Crippen LogP contribution in [0.2, 0.25) is 0 Å². The summed E-state index contributed by atoms with van der Waals surface area (Å²) in [6.07, 6.45) is 6.97. The van der Waals surface area contributed by atoms with Crippen molar-refractivity contribution >= 4 is 5.69 Å². The van der Waals surface area contributed by atoms with Crippen molar-refractivity contribution in [1.29, 1.82) is 0 Å². The van der Waals surface area contributed by atoms with E-state index in [0.29, 0.717) is 12.1 Å². The van der Waals surface area contributed by atoms with Crippen molar-refractivity contribution in [3.8, 4) is 0 Å². The maximum Gasteiger partial charge on any atom is 0.137 e. The molecular formula is C16H22N4O. The van der Waals surface area contributed by atoms with Crippen LogP contribution < -0.4 is 5.32 Å². The van der Waals surface area contributed by atoms with Crippen LogP contribution >= 0.6 is 0 Å². The average molecular weight is 286 g/mol. The summed E-state index contributed by atoms with van der Waals surface area (Å²) in [5.41, 5.74) is 2.41. The molecule has 112 valence electrons. The first-order valence-electron chi connectivity index (χ1n) is 7.63. The van der Waals surface area contributed by atoms with Crippen LogP contribution in [0.15, 0.2) is 36.9 Å². The van der Waals surface area contributed by atoms with Gasteiger partial charge < -0.3 is 10.1 Å². The maximum absolute atomic E-state index is 5.72. The van der Waals surface area contributed by atoms with Gasteiger partial charge in [0.15, 0.2) is 0 Å². The van der Waals surface area contributed by atoms with Gasteiger partial charge in [0.1, 0.15) is 12.7 Å². The molecule has 2 unspecified atom stereocenters. The van der Waals surface area contributed by atoms with E-state index in [0.717, 1.165) is 32.4 Å². The van der Waals surface area contributed by atoms with Crippen molar-refractivity contribution in [1.82, 2.24) is 14.8 Å². The molecule has 5 nitrogen and oxygen atoms in total. The summed E-state index contributed by atoms with van der Waals surface area (Å²) in [5.74, 6) is 0. The molecule has 0 amide bonds. The van der Waals surface area contributed by atoms with Crippen LogP contribution in [-0.2, 0) is 11.3 Å². The molecule has 2 atom stereocenters. The number of aromatic nitrogens is 3. The van der Waals surface area contributed by atoms with Gasteiger partial charge in [0.25, 0.3) is 0 Å². The highest BCUT2D eigenvalue weighted by Crippen LogP contribution is 2.20. The number of hydrogen-bond donors (Lipinski definition) is 1. The second-order valence-electron chi connectivity index (χ2n) is 5.56. The Kier molecular flexibility index (Phi) is 4.50. The Morgan fingerprint density at radius 2 is 2.19 bits per heavy atom. The zero-order valence-electron chi connectivity index (χ0n) is 12.4. The van der Waals surface area contributed by atoms with E-state index in [1.807, 2.05) is 4.68 Å². The normalized spacial score (nSPS) is 22.1. The van der Waals surface area contributed by atoms with Gasteiger partial charge in [-0.15, -0.1) is 0 Å². The molecule has 0 bridgehead atoms. The monoisotopic (exact) mass is 286 g/mol. The fourth-order valence-corrected chi connectivity index (χ4v) is 2.74. The summed E-state index contributed by atoms with van der Waals surface area (Å²) in [5, 5.41) is 7.74. The average Bonchev–Trinajstić information content (AvgIpc) is 3.02. The van der Waals surface area contributed by atoms with Crippen LogP contribution in [0, 0.1) is 0 Å². The lowest BCUT2D eigenvalue weighted by Gasteiger charge is -2.30. The number of hydrogen-bond acceptors (Lipinski definition) is 4. The van der Waals surface area contributed by atoms with E-state index in [9.17, 15) is 0 Å². The molecule has 1 aliphatic rings. The molecule has 1 aromatic heterocycles. The highest BCUT2D eigenvalue weighted by atomic mass is 16.5. The van der Waals surface area contributed by atoms with Gasteiger partial charge in [-0.05, 0) is 37.0 Å². The van der Waals surface area contributed by atoms with E-state index in [2.05, 4.69) is 46.6 Å². The van der Waals surface area contributed by atoms with E-state index in [-0.39, 0.29) is 0 Å². The van der Waals surface area contributed by atoms with E-state index < -0.39 is 0 Å². The minimum atomic E-state index is 0.405. The molecule has 0 saturated carbocycles. The topological polar surface area (TPSA) is 52.0 Å². The Labute approximate surface area is 125 Å². The van der Waals surface area contributed by atoms with Gasteiger partial charge in [-0.3, -0.25) is 0 Å². The Bertz CT molecular complexity index is 538. The summed E-state index contributed by atoms with van der Waals surface area (Å²) >= 11 is 0. The largest absolute Gasteiger partial charge is 0.382 e. The number of anilines is 1. The summed E-state index contributed by atoms with van der Waals surface area (Å²) in [4.78, 5) is 3.96. The van der Waals surface area contributed by atoms with Crippen LogP contribution in [0.4, 0.5) is 5.69 Å². The van der Waals surface area contributed by atoms with Crippen molar-refractivity contribution < 1.29 is 4.74 Å². The van der Waals surface area contributed by atoms with Crippen molar-refractivity contribution in [3.05, 3.63) is 42.5 Å². The molecule has 0 aliphatic carbocycles. The number of nitrogens with zero attached hydrogens (tertiary/aromatic N) is 3. The molecule has 0 radical (unpaired) electrons. The number of rotatable bonds is 5. The number of ether oxygens (including phenoxy) is 1. The molecule has 1 saturated heterocycles. The molecule has 1 aliphatic heterocycles. The molecule has 1 aromatic carbocycles. The van der Waals surface area contributed by atoms with Gasteiger partial charge >= 0.3 is 0 Å². The minimum absolute atomic E-state index is 0.405. The minimum Gasteiger partial charge on any atom is -0.382 e. The smallest absolute Gasteiger partial charge is 0.137 e. The fraction of sp³-hybridized carbons (Fsp3) is 0.500. The summed E-state index contributed by atoms with van der Waals surface area (Å²) in [6, 6.07) is 9.08. The third kappa shape index (κ3) is 3.82. The van der Waals surface area contributed by atoms with Crippen LogP contribution in [-0.4, -0.2) is 33.5 Å². The molecule has 21 heavy (non-hydrogen) atoms. The van der Waals surface area contributed by atoms with Gasteiger partial charge in [-0.2, -0.15) is 5.10 Å². The quantitative estimate of drug-likeness (QED) is 0.918. The zero-order chi connectivity index (χ0) is 14.5. The lowest BCUT2D eigenvalue weighted by molar-refractivity contribution is 0.00926. The molecule has 1 fully saturated rings. The second kappa shape index (κ2) is 6.72. The first-order chi connectivity index (χ1) is 10.3. The Balaban J connectivity index is 1.56. The van der Waals surface area contributed by atoms with Crippen molar-refractivity contribution in [2.24, 2.45) is 0 Å². The molecule has 1 N–H and O–H groups in total. The van der Waals surface area contributed by atoms with Crippen LogP contribution in [0.25, 0.3) is 0 Å². The van der Waals surface area contributed by atoms with E-state index in [1.165, 1.54) is 11.3 Å². The van der Waals surface area contributed by atoms with Gasteiger partial charge in [0.2, 0.25) is 0 Å². The molecule has 2 aromatic rings. The Morgan fingerprint density at radius 3 is 2.90 bits per heavy atom. The first kappa shape index (κ1) is 14.1. The van der Waals surface area contributed by atoms with E-state index >= 15 is 0 Å². The Hall–Kier alpha value is -1.88. The van der Waals surface area contributed by atoms with Crippen molar-refractivity contribution in [3.63, 3.8) is 0 Å². The van der Waals surface area contributed by atoms with Gasteiger partial charge in [-0.1, -0.05) is 19.1 Å². The van der Waals surface area contributed by atoms with E-state index in [4.69, 9.17) is 4.74 Å². The highest BCUT2D eigenvalue weighted by molar-refractivity contribution is 5.45. The lowest BCUT2D eigenvalue weighted by atomic mass is 10.0. The Morgan fingerprint density at radius 1 is 1.33 bits per heavy atom. The third-order valence-corrected chi connectivity index (χ3v) is 3.96. The summed E-state index contributed by atoms with van der Waals surface area (Å²) in [7, 11) is 0. The van der Waals surface area contributed by atoms with Gasteiger partial charge in [0, 0.05) is 18.3 Å². The molecule has 0 spiro atoms. The lowest BCUT2D eigenvalue weighted by Crippen LogP contribution is -2.33. The zero-order valence-corrected chi connectivity index (χ0v) is 12.4.